The number of nitrogens with one attached hydrogen (secondary N) is 2. The standard InChI is InChI=1S/C23H28F3N7O3/c1-14(23(24,25)26)28-21(34)17-4-5-18-20(29-17)33(15-7-9-32(18)13-15)22(35)30-19-12-16(6-8-27-19)36-11-10-31(2)3/h4-6,8,12,14-15H,7,9-11,13H2,1-3H3,(H,28,34)(H,27,30,35)/t14?,15-/m0/s1. The first-order valence-electron chi connectivity index (χ1n) is 11.5. The van der Waals surface area contributed by atoms with E-state index < -0.39 is 24.2 Å². The van der Waals surface area contributed by atoms with Crippen molar-refractivity contribution in [2.45, 2.75) is 31.6 Å². The predicted octanol–water partition coefficient (Wildman–Crippen LogP) is 2.73. The Morgan fingerprint density at radius 3 is 2.78 bits per heavy atom. The van der Waals surface area contributed by atoms with E-state index in [0.29, 0.717) is 37.6 Å². The van der Waals surface area contributed by atoms with Gasteiger partial charge in [0.1, 0.15) is 29.9 Å². The first kappa shape index (κ1) is 25.5. The molecular weight excluding hydrogens is 479 g/mol. The molecule has 13 heteroatoms. The van der Waals surface area contributed by atoms with Crippen LogP contribution in [0.5, 0.6) is 5.75 Å². The van der Waals surface area contributed by atoms with Gasteiger partial charge in [0.25, 0.3) is 5.91 Å². The van der Waals surface area contributed by atoms with Crippen LogP contribution in [0.4, 0.5) is 35.3 Å². The molecule has 0 saturated carbocycles. The molecule has 3 amide bonds. The highest BCUT2D eigenvalue weighted by Gasteiger charge is 2.41. The zero-order valence-corrected chi connectivity index (χ0v) is 20.2. The molecule has 2 aromatic heterocycles. The minimum absolute atomic E-state index is 0.209. The smallest absolute Gasteiger partial charge is 0.408 e. The van der Waals surface area contributed by atoms with Gasteiger partial charge in [0, 0.05) is 31.9 Å². The van der Waals surface area contributed by atoms with Gasteiger partial charge in [-0.05, 0) is 45.6 Å². The Labute approximate surface area is 206 Å². The molecule has 4 heterocycles. The molecule has 1 unspecified atom stereocenters. The number of carbonyl (C=O) groups excluding carboxylic acids is 2. The number of likely N-dealkylation sites (N-methyl/N-ethyl adjacent to an activating group) is 1. The number of nitrogens with zero attached hydrogens (tertiary/aromatic N) is 5. The maximum atomic E-state index is 13.3. The average Bonchev–Trinajstić information content (AvgIpc) is 3.22. The van der Waals surface area contributed by atoms with Crippen molar-refractivity contribution in [3.63, 3.8) is 0 Å². The molecule has 194 valence electrons. The van der Waals surface area contributed by atoms with Gasteiger partial charge in [0.2, 0.25) is 0 Å². The molecule has 36 heavy (non-hydrogen) atoms. The maximum absolute atomic E-state index is 13.3. The maximum Gasteiger partial charge on any atom is 0.408 e. The summed E-state index contributed by atoms with van der Waals surface area (Å²) in [6, 6.07) is 3.50. The Morgan fingerprint density at radius 1 is 1.28 bits per heavy atom. The van der Waals surface area contributed by atoms with E-state index >= 15 is 0 Å². The molecule has 2 N–H and O–H groups in total. The van der Waals surface area contributed by atoms with Crippen molar-refractivity contribution < 1.29 is 27.5 Å². The summed E-state index contributed by atoms with van der Waals surface area (Å²) in [5, 5.41) is 4.66. The normalized spacial score (nSPS) is 17.6. The lowest BCUT2D eigenvalue weighted by Crippen LogP contribution is -2.49. The van der Waals surface area contributed by atoms with Gasteiger partial charge in [-0.1, -0.05) is 0 Å². The number of ether oxygens (including phenoxy) is 1. The summed E-state index contributed by atoms with van der Waals surface area (Å²) in [6.07, 6.45) is -2.39. The average molecular weight is 508 g/mol. The lowest BCUT2D eigenvalue weighted by atomic mass is 10.1. The summed E-state index contributed by atoms with van der Waals surface area (Å²) in [4.78, 5) is 39.8. The van der Waals surface area contributed by atoms with Crippen LogP contribution in [0.25, 0.3) is 0 Å². The fourth-order valence-electron chi connectivity index (χ4n) is 4.04. The third-order valence-electron chi connectivity index (χ3n) is 6.02. The van der Waals surface area contributed by atoms with Crippen molar-refractivity contribution in [3.8, 4) is 5.75 Å². The molecule has 0 aromatic carbocycles. The van der Waals surface area contributed by atoms with Crippen LogP contribution in [-0.2, 0) is 0 Å². The Balaban J connectivity index is 1.54. The molecule has 2 atom stereocenters. The van der Waals surface area contributed by atoms with Crippen LogP contribution in [0, 0.1) is 0 Å². The number of anilines is 3. The van der Waals surface area contributed by atoms with Crippen LogP contribution in [0.1, 0.15) is 23.8 Å². The van der Waals surface area contributed by atoms with Crippen molar-refractivity contribution in [3.05, 3.63) is 36.2 Å². The molecule has 1 fully saturated rings. The van der Waals surface area contributed by atoms with Gasteiger partial charge in [0.05, 0.1) is 11.7 Å². The highest BCUT2D eigenvalue weighted by atomic mass is 19.4. The third-order valence-corrected chi connectivity index (χ3v) is 6.02. The number of fused-ring (bicyclic) bond motifs is 4. The SMILES string of the molecule is CC(NC(=O)c1ccc2c(n1)N(C(=O)Nc1cc(OCCN(C)C)ccn1)[C@H]1CCN2C1)C(F)(F)F. The number of aromatic nitrogens is 2. The molecule has 10 nitrogen and oxygen atoms in total. The number of alkyl halides is 3. The first-order valence-corrected chi connectivity index (χ1v) is 11.5. The second-order valence-electron chi connectivity index (χ2n) is 8.99. The van der Waals surface area contributed by atoms with Gasteiger partial charge in [-0.15, -0.1) is 0 Å². The van der Waals surface area contributed by atoms with Gasteiger partial charge in [-0.3, -0.25) is 15.0 Å². The van der Waals surface area contributed by atoms with Crippen molar-refractivity contribution >= 4 is 29.3 Å². The minimum Gasteiger partial charge on any atom is -0.492 e. The summed E-state index contributed by atoms with van der Waals surface area (Å²) in [7, 11) is 3.87. The second-order valence-corrected chi connectivity index (χ2v) is 8.99. The van der Waals surface area contributed by atoms with E-state index in [1.54, 1.807) is 18.2 Å². The number of urea groups is 1. The summed E-state index contributed by atoms with van der Waals surface area (Å²) in [5.74, 6) is 0.0634. The lowest BCUT2D eigenvalue weighted by molar-refractivity contribution is -0.149. The number of hydrogen-bond acceptors (Lipinski definition) is 7. The molecule has 2 aliphatic heterocycles. The second kappa shape index (κ2) is 10.2. The molecule has 4 rings (SSSR count). The highest BCUT2D eigenvalue weighted by Crippen LogP contribution is 2.39. The van der Waals surface area contributed by atoms with Crippen LogP contribution in [0.3, 0.4) is 0 Å². The Bertz CT molecular complexity index is 1130. The predicted molar refractivity (Wildman–Crippen MR) is 128 cm³/mol. The highest BCUT2D eigenvalue weighted by molar-refractivity contribution is 6.05. The van der Waals surface area contributed by atoms with Gasteiger partial charge in [-0.2, -0.15) is 13.2 Å². The van der Waals surface area contributed by atoms with E-state index in [2.05, 4.69) is 15.3 Å². The van der Waals surface area contributed by atoms with Crippen LogP contribution < -0.4 is 25.2 Å². The van der Waals surface area contributed by atoms with Crippen LogP contribution in [0.2, 0.25) is 0 Å². The quantitative estimate of drug-likeness (QED) is 0.594. The summed E-state index contributed by atoms with van der Waals surface area (Å²) in [5.41, 5.74) is 0.424. The topological polar surface area (TPSA) is 103 Å². The largest absolute Gasteiger partial charge is 0.492 e. The van der Waals surface area contributed by atoms with Gasteiger partial charge in [-0.25, -0.2) is 14.8 Å². The van der Waals surface area contributed by atoms with E-state index in [1.807, 2.05) is 29.2 Å². The molecule has 2 bridgehead atoms. The zero-order valence-electron chi connectivity index (χ0n) is 20.2. The fourth-order valence-corrected chi connectivity index (χ4v) is 4.04. The van der Waals surface area contributed by atoms with Gasteiger partial charge >= 0.3 is 12.2 Å². The number of hydrogen-bond donors (Lipinski definition) is 2. The molecule has 2 aromatic rings. The monoisotopic (exact) mass is 507 g/mol. The Kier molecular flexibility index (Phi) is 7.20. The molecule has 1 saturated heterocycles. The summed E-state index contributed by atoms with van der Waals surface area (Å²) in [6.45, 7) is 3.31. The number of carbonyl (C=O) groups is 2. The van der Waals surface area contributed by atoms with Gasteiger partial charge in [0.15, 0.2) is 5.82 Å². The molecule has 0 spiro atoms. The molecule has 2 aliphatic rings. The van der Waals surface area contributed by atoms with E-state index in [0.717, 1.165) is 13.5 Å². The van der Waals surface area contributed by atoms with Crippen molar-refractivity contribution in [2.24, 2.45) is 0 Å². The number of rotatable bonds is 7. The van der Waals surface area contributed by atoms with E-state index in [4.69, 9.17) is 4.74 Å². The number of halogens is 3. The lowest BCUT2D eigenvalue weighted by Gasteiger charge is -2.35. The van der Waals surface area contributed by atoms with E-state index in [9.17, 15) is 22.8 Å². The van der Waals surface area contributed by atoms with Crippen molar-refractivity contribution in [1.29, 1.82) is 0 Å². The summed E-state index contributed by atoms with van der Waals surface area (Å²) < 4.78 is 44.4. The van der Waals surface area contributed by atoms with E-state index in [-0.39, 0.29) is 23.4 Å². The zero-order chi connectivity index (χ0) is 26.0. The fraction of sp³-hybridized carbons (Fsp3) is 0.478. The molecule has 0 aliphatic carbocycles. The molecular formula is C23H28F3N7O3. The Morgan fingerprint density at radius 2 is 2.06 bits per heavy atom. The third kappa shape index (κ3) is 5.61. The number of amides is 3. The van der Waals surface area contributed by atoms with Crippen LogP contribution in [-0.4, -0.2) is 85.4 Å². The van der Waals surface area contributed by atoms with Crippen LogP contribution >= 0.6 is 0 Å². The summed E-state index contributed by atoms with van der Waals surface area (Å²) >= 11 is 0. The van der Waals surface area contributed by atoms with Crippen molar-refractivity contribution in [2.75, 3.05) is 55.5 Å². The molecule has 0 radical (unpaired) electrons. The minimum atomic E-state index is -4.59. The van der Waals surface area contributed by atoms with Crippen molar-refractivity contribution in [1.82, 2.24) is 20.2 Å². The number of pyridine rings is 2. The Hall–Kier alpha value is -3.61. The van der Waals surface area contributed by atoms with E-state index in [1.165, 1.54) is 17.2 Å². The van der Waals surface area contributed by atoms with Gasteiger partial charge < -0.3 is 19.9 Å². The first-order chi connectivity index (χ1) is 17.0. The van der Waals surface area contributed by atoms with Crippen LogP contribution in [0.15, 0.2) is 30.5 Å².